The van der Waals surface area contributed by atoms with E-state index in [1.54, 1.807) is 26.0 Å². The summed E-state index contributed by atoms with van der Waals surface area (Å²) in [7, 11) is 0. The molecule has 0 aliphatic carbocycles. The minimum atomic E-state index is -5.09. The van der Waals surface area contributed by atoms with Crippen LogP contribution in [0.15, 0.2) is 71.1 Å². The van der Waals surface area contributed by atoms with Crippen molar-refractivity contribution in [2.75, 3.05) is 39.5 Å². The molecule has 268 valence electrons. The minimum Gasteiger partial charge on any atom is -0.493 e. The Balaban J connectivity index is 1.85. The second-order valence-corrected chi connectivity index (χ2v) is 11.6. The van der Waals surface area contributed by atoms with Gasteiger partial charge in [0.1, 0.15) is 29.9 Å². The van der Waals surface area contributed by atoms with Crippen LogP contribution in [0.1, 0.15) is 52.0 Å². The van der Waals surface area contributed by atoms with Crippen molar-refractivity contribution >= 4 is 17.6 Å². The zero-order chi connectivity index (χ0) is 36.1. The summed E-state index contributed by atoms with van der Waals surface area (Å²) in [6, 6.07) is 12.4. The smallest absolute Gasteiger partial charge is 0.431 e. The molecule has 2 atom stereocenters. The second kappa shape index (κ2) is 18.2. The van der Waals surface area contributed by atoms with E-state index in [1.807, 2.05) is 18.2 Å². The van der Waals surface area contributed by atoms with E-state index >= 15 is 0 Å². The average Bonchev–Trinajstić information content (AvgIpc) is 3.05. The molecule has 2 aromatic carbocycles. The van der Waals surface area contributed by atoms with E-state index in [0.29, 0.717) is 25.1 Å². The van der Waals surface area contributed by atoms with E-state index < -0.39 is 52.0 Å². The predicted octanol–water partition coefficient (Wildman–Crippen LogP) is 5.32. The normalized spacial score (nSPS) is 15.5. The van der Waals surface area contributed by atoms with Crippen LogP contribution in [0.5, 0.6) is 11.5 Å². The predicted molar refractivity (Wildman–Crippen MR) is 173 cm³/mol. The molecule has 0 bridgehead atoms. The first kappa shape index (κ1) is 38.8. The fourth-order valence-electron chi connectivity index (χ4n) is 4.96. The highest BCUT2D eigenvalue weighted by Crippen LogP contribution is 2.47. The highest BCUT2D eigenvalue weighted by molar-refractivity contribution is 6.00. The number of aliphatic hydroxyl groups is 1. The Hall–Kier alpha value is -4.63. The number of allylic oxidation sites excluding steroid dienone is 2. The number of hydrogen-bond donors (Lipinski definition) is 3. The van der Waals surface area contributed by atoms with Crippen LogP contribution in [0, 0.1) is 16.0 Å². The quantitative estimate of drug-likeness (QED) is 0.0803. The molecule has 0 radical (unpaired) electrons. The zero-order valence-corrected chi connectivity index (χ0v) is 27.8. The van der Waals surface area contributed by atoms with E-state index in [1.165, 1.54) is 19.9 Å². The zero-order valence-electron chi connectivity index (χ0n) is 27.8. The highest BCUT2D eigenvalue weighted by Gasteiger charge is 2.48. The van der Waals surface area contributed by atoms with Crippen LogP contribution in [0.3, 0.4) is 0 Å². The number of esters is 2. The van der Waals surface area contributed by atoms with E-state index in [4.69, 9.17) is 18.9 Å². The van der Waals surface area contributed by atoms with Crippen molar-refractivity contribution in [3.63, 3.8) is 0 Å². The molecule has 1 aliphatic rings. The summed E-state index contributed by atoms with van der Waals surface area (Å²) in [4.78, 5) is 37.7. The van der Waals surface area contributed by atoms with Gasteiger partial charge in [0.25, 0.3) is 5.69 Å². The van der Waals surface area contributed by atoms with Crippen LogP contribution in [0.4, 0.5) is 18.9 Å². The molecule has 0 saturated carbocycles. The largest absolute Gasteiger partial charge is 0.493 e. The lowest BCUT2D eigenvalue weighted by Gasteiger charge is -2.32. The topological polar surface area (TPSA) is 158 Å². The Morgan fingerprint density at radius 3 is 2.35 bits per heavy atom. The lowest BCUT2D eigenvalue weighted by Crippen LogP contribution is -2.38. The van der Waals surface area contributed by atoms with Crippen molar-refractivity contribution in [3.8, 4) is 11.5 Å². The molecule has 0 amide bonds. The molecule has 0 fully saturated rings. The number of para-hydroxylation sites is 1. The molecular formula is C34H42F3N3O9. The van der Waals surface area contributed by atoms with Crippen LogP contribution >= 0.6 is 0 Å². The van der Waals surface area contributed by atoms with Gasteiger partial charge in [-0.2, -0.15) is 13.2 Å². The number of nitrogens with zero attached hydrogens (tertiary/aromatic N) is 1. The molecule has 15 heteroatoms. The molecular weight excluding hydrogens is 651 g/mol. The molecule has 3 N–H and O–H groups in total. The van der Waals surface area contributed by atoms with E-state index in [2.05, 4.69) is 10.6 Å². The minimum absolute atomic E-state index is 0.0392. The van der Waals surface area contributed by atoms with Crippen LogP contribution in [0.25, 0.3) is 0 Å². The number of nitro groups is 1. The maximum Gasteiger partial charge on any atom is 0.431 e. The number of hydrogen-bond acceptors (Lipinski definition) is 11. The maximum absolute atomic E-state index is 14.4. The first-order valence-corrected chi connectivity index (χ1v) is 15.9. The third kappa shape index (κ3) is 11.2. The van der Waals surface area contributed by atoms with Gasteiger partial charge >= 0.3 is 18.1 Å². The first-order valence-electron chi connectivity index (χ1n) is 15.9. The maximum atomic E-state index is 14.4. The molecule has 0 aromatic heterocycles. The Kier molecular flexibility index (Phi) is 14.4. The van der Waals surface area contributed by atoms with Crippen molar-refractivity contribution < 1.29 is 51.7 Å². The summed E-state index contributed by atoms with van der Waals surface area (Å²) in [5.41, 5.74) is -3.73. The monoisotopic (exact) mass is 693 g/mol. The van der Waals surface area contributed by atoms with Gasteiger partial charge < -0.3 is 34.7 Å². The average molecular weight is 694 g/mol. The summed E-state index contributed by atoms with van der Waals surface area (Å²) >= 11 is 0. The molecule has 2 aromatic rings. The van der Waals surface area contributed by atoms with Gasteiger partial charge in [0.2, 0.25) is 0 Å². The van der Waals surface area contributed by atoms with Crippen molar-refractivity contribution in [2.45, 2.75) is 58.7 Å². The summed E-state index contributed by atoms with van der Waals surface area (Å²) in [6.45, 7) is 6.71. The summed E-state index contributed by atoms with van der Waals surface area (Å²) in [6.07, 6.45) is -4.84. The Bertz CT molecular complexity index is 1510. The molecule has 0 spiro atoms. The fraction of sp³-hybridized carbons (Fsp3) is 0.471. The summed E-state index contributed by atoms with van der Waals surface area (Å²) in [5.74, 6) is -3.71. The van der Waals surface area contributed by atoms with Crippen molar-refractivity contribution in [3.05, 3.63) is 86.7 Å². The second-order valence-electron chi connectivity index (χ2n) is 11.6. The molecule has 3 rings (SSSR count). The fourth-order valence-corrected chi connectivity index (χ4v) is 4.96. The Morgan fingerprint density at radius 2 is 1.71 bits per heavy atom. The highest BCUT2D eigenvalue weighted by atomic mass is 19.4. The SMILES string of the molecule is CCOC(=O)C1=C(C(F)(F)F)NC(C)=C(C(=O)OCC(C)C)C1c1cc([N+](=O)[O-])ccc1OCCCCNCC(O)COc1ccccc1. The lowest BCUT2D eigenvalue weighted by molar-refractivity contribution is -0.384. The number of nitrogens with one attached hydrogen (secondary N) is 2. The number of rotatable bonds is 18. The summed E-state index contributed by atoms with van der Waals surface area (Å²) < 4.78 is 65.2. The Labute approximate surface area is 282 Å². The van der Waals surface area contributed by atoms with Gasteiger partial charge in [-0.15, -0.1) is 0 Å². The number of nitro benzene ring substituents is 1. The van der Waals surface area contributed by atoms with E-state index in [-0.39, 0.29) is 61.5 Å². The van der Waals surface area contributed by atoms with Gasteiger partial charge in [0, 0.05) is 29.9 Å². The Morgan fingerprint density at radius 1 is 1.02 bits per heavy atom. The van der Waals surface area contributed by atoms with Crippen LogP contribution in [-0.4, -0.2) is 73.8 Å². The van der Waals surface area contributed by atoms with Gasteiger partial charge in [0.15, 0.2) is 0 Å². The lowest BCUT2D eigenvalue weighted by atomic mass is 9.79. The molecule has 49 heavy (non-hydrogen) atoms. The van der Waals surface area contributed by atoms with Crippen LogP contribution < -0.4 is 20.1 Å². The van der Waals surface area contributed by atoms with E-state index in [0.717, 1.165) is 12.1 Å². The van der Waals surface area contributed by atoms with Crippen molar-refractivity contribution in [1.82, 2.24) is 10.6 Å². The summed E-state index contributed by atoms with van der Waals surface area (Å²) in [5, 5.41) is 27.2. The first-order chi connectivity index (χ1) is 23.2. The standard InChI is InChI=1S/C34H42F3N3O9/c1-5-46-33(43)30-29(28(32(42)49-19-21(2)3)22(4)39-31(30)34(35,36)37)26-17-23(40(44)45)13-14-27(26)47-16-10-9-15-38-18-24(41)20-48-25-11-7-6-8-12-25/h6-8,11-14,17,21,24,29,38-39,41H,5,9-10,15-16,18-20H2,1-4H3. The number of non-ortho nitro benzene ring substituents is 1. The van der Waals surface area contributed by atoms with Gasteiger partial charge in [0.05, 0.1) is 41.8 Å². The molecule has 1 aliphatic heterocycles. The van der Waals surface area contributed by atoms with Crippen LogP contribution in [0.2, 0.25) is 0 Å². The van der Waals surface area contributed by atoms with Gasteiger partial charge in [-0.05, 0) is 57.4 Å². The third-order valence-electron chi connectivity index (χ3n) is 7.20. The number of ether oxygens (including phenoxy) is 4. The molecule has 1 heterocycles. The third-order valence-corrected chi connectivity index (χ3v) is 7.20. The number of halogens is 3. The number of carbonyl (C=O) groups is 2. The van der Waals surface area contributed by atoms with E-state index in [9.17, 15) is 38.0 Å². The van der Waals surface area contributed by atoms with Crippen molar-refractivity contribution in [2.24, 2.45) is 5.92 Å². The van der Waals surface area contributed by atoms with Crippen molar-refractivity contribution in [1.29, 1.82) is 0 Å². The number of unbranched alkanes of at least 4 members (excludes halogenated alkanes) is 1. The van der Waals surface area contributed by atoms with Gasteiger partial charge in [-0.25, -0.2) is 9.59 Å². The molecule has 0 saturated heterocycles. The van der Waals surface area contributed by atoms with Gasteiger partial charge in [-0.3, -0.25) is 10.1 Å². The van der Waals surface area contributed by atoms with Gasteiger partial charge in [-0.1, -0.05) is 32.0 Å². The number of alkyl halides is 3. The van der Waals surface area contributed by atoms with Crippen LogP contribution in [-0.2, 0) is 19.1 Å². The molecule has 2 unspecified atom stereocenters. The number of carbonyl (C=O) groups excluding carboxylic acids is 2. The number of benzene rings is 2. The molecule has 12 nitrogen and oxygen atoms in total. The number of dihydropyridines is 1. The number of aliphatic hydroxyl groups excluding tert-OH is 1.